The highest BCUT2D eigenvalue weighted by Crippen LogP contribution is 2.17. The molecule has 1 fully saturated rings. The molecule has 1 N–H and O–H groups in total. The minimum Gasteiger partial charge on any atom is -0.476 e. The zero-order chi connectivity index (χ0) is 15.2. The van der Waals surface area contributed by atoms with E-state index in [1.807, 2.05) is 0 Å². The molecule has 6 heteroatoms. The monoisotopic (exact) mass is 295 g/mol. The summed E-state index contributed by atoms with van der Waals surface area (Å²) >= 11 is 0. The van der Waals surface area contributed by atoms with E-state index in [9.17, 15) is 4.79 Å². The highest BCUT2D eigenvalue weighted by Gasteiger charge is 2.19. The summed E-state index contributed by atoms with van der Waals surface area (Å²) in [5, 5.41) is 13.0. The molecule has 1 atom stereocenters. The number of hydrogen-bond donors (Lipinski definition) is 1. The molecule has 1 aromatic heterocycles. The van der Waals surface area contributed by atoms with E-state index in [0.717, 1.165) is 57.6 Å². The molecular formula is C15H25N3O3. The zero-order valence-electron chi connectivity index (χ0n) is 12.9. The first-order chi connectivity index (χ1) is 10.1. The maximum absolute atomic E-state index is 11.0. The molecule has 1 aromatic rings. The van der Waals surface area contributed by atoms with Crippen molar-refractivity contribution in [3.63, 3.8) is 0 Å². The van der Waals surface area contributed by atoms with Crippen molar-refractivity contribution in [1.29, 1.82) is 0 Å². The van der Waals surface area contributed by atoms with Crippen LogP contribution >= 0.6 is 0 Å². The molecule has 1 aliphatic heterocycles. The van der Waals surface area contributed by atoms with Gasteiger partial charge >= 0.3 is 5.97 Å². The molecule has 0 amide bonds. The number of likely N-dealkylation sites (tertiary alicyclic amines) is 1. The van der Waals surface area contributed by atoms with E-state index in [-0.39, 0.29) is 5.69 Å². The highest BCUT2D eigenvalue weighted by molar-refractivity contribution is 5.85. The quantitative estimate of drug-likeness (QED) is 0.868. The van der Waals surface area contributed by atoms with Gasteiger partial charge in [0.15, 0.2) is 5.69 Å². The van der Waals surface area contributed by atoms with Gasteiger partial charge in [0.1, 0.15) is 0 Å². The van der Waals surface area contributed by atoms with Gasteiger partial charge in [-0.3, -0.25) is 9.58 Å². The van der Waals surface area contributed by atoms with Crippen molar-refractivity contribution < 1.29 is 14.6 Å². The van der Waals surface area contributed by atoms with Crippen LogP contribution in [-0.4, -0.2) is 51.6 Å². The van der Waals surface area contributed by atoms with Gasteiger partial charge in [-0.15, -0.1) is 0 Å². The van der Waals surface area contributed by atoms with Gasteiger partial charge in [0, 0.05) is 26.7 Å². The molecule has 0 aliphatic carbocycles. The van der Waals surface area contributed by atoms with Gasteiger partial charge in [0.2, 0.25) is 0 Å². The van der Waals surface area contributed by atoms with E-state index in [0.29, 0.717) is 6.10 Å². The number of carboxylic acids is 1. The van der Waals surface area contributed by atoms with E-state index in [2.05, 4.69) is 16.9 Å². The molecule has 6 nitrogen and oxygen atoms in total. The fourth-order valence-electron chi connectivity index (χ4n) is 2.72. The third-order valence-corrected chi connectivity index (χ3v) is 3.91. The summed E-state index contributed by atoms with van der Waals surface area (Å²) in [4.78, 5) is 13.3. The average Bonchev–Trinajstić information content (AvgIpc) is 2.68. The summed E-state index contributed by atoms with van der Waals surface area (Å²) < 4.78 is 7.51. The predicted octanol–water partition coefficient (Wildman–Crippen LogP) is 1.90. The van der Waals surface area contributed by atoms with Crippen LogP contribution < -0.4 is 0 Å². The second-order valence-electron chi connectivity index (χ2n) is 5.65. The Kier molecular flexibility index (Phi) is 5.76. The number of aromatic nitrogens is 2. The van der Waals surface area contributed by atoms with Crippen molar-refractivity contribution >= 4 is 5.97 Å². The van der Waals surface area contributed by atoms with Gasteiger partial charge in [0.05, 0.1) is 11.8 Å². The average molecular weight is 295 g/mol. The largest absolute Gasteiger partial charge is 0.476 e. The highest BCUT2D eigenvalue weighted by atomic mass is 16.5. The van der Waals surface area contributed by atoms with E-state index >= 15 is 0 Å². The molecule has 0 radical (unpaired) electrons. The Bertz CT molecular complexity index is 473. The van der Waals surface area contributed by atoms with Crippen molar-refractivity contribution in [3.05, 3.63) is 17.5 Å². The maximum atomic E-state index is 11.0. The second kappa shape index (κ2) is 7.56. The molecule has 0 aromatic carbocycles. The molecule has 0 saturated carbocycles. The summed E-state index contributed by atoms with van der Waals surface area (Å²) in [6, 6.07) is 1.66. The molecule has 0 spiro atoms. The number of rotatable bonds is 6. The lowest BCUT2D eigenvalue weighted by Gasteiger charge is -2.20. The standard InChI is InChI=1S/C15H25N3O3/c1-3-9-21-13-5-4-7-18(8-6-13)11-12-10-14(15(19)20)16-17(12)2/h10,13H,3-9,11H2,1-2H3,(H,19,20). The molecule has 1 aliphatic rings. The SMILES string of the molecule is CCCOC1CCCN(Cc2cc(C(=O)O)nn2C)CC1. The molecular weight excluding hydrogens is 270 g/mol. The van der Waals surface area contributed by atoms with E-state index in [1.165, 1.54) is 0 Å². The van der Waals surface area contributed by atoms with Gasteiger partial charge in [-0.25, -0.2) is 4.79 Å². The minimum atomic E-state index is -0.972. The van der Waals surface area contributed by atoms with Crippen molar-refractivity contribution in [2.45, 2.75) is 45.3 Å². The summed E-state index contributed by atoms with van der Waals surface area (Å²) in [6.07, 6.45) is 4.72. The first kappa shape index (κ1) is 16.0. The molecule has 2 rings (SSSR count). The minimum absolute atomic E-state index is 0.117. The Balaban J connectivity index is 1.90. The van der Waals surface area contributed by atoms with Gasteiger partial charge in [-0.05, 0) is 38.3 Å². The van der Waals surface area contributed by atoms with Crippen LogP contribution in [0.4, 0.5) is 0 Å². The number of carboxylic acid groups (broad SMARTS) is 1. The molecule has 0 bridgehead atoms. The fourth-order valence-corrected chi connectivity index (χ4v) is 2.72. The topological polar surface area (TPSA) is 67.6 Å². The Morgan fingerprint density at radius 3 is 2.95 bits per heavy atom. The van der Waals surface area contributed by atoms with Crippen LogP contribution in [0.5, 0.6) is 0 Å². The number of aryl methyl sites for hydroxylation is 1. The molecule has 1 unspecified atom stereocenters. The summed E-state index contributed by atoms with van der Waals surface area (Å²) in [5.41, 5.74) is 1.06. The van der Waals surface area contributed by atoms with Crippen molar-refractivity contribution in [1.82, 2.24) is 14.7 Å². The number of hydrogen-bond acceptors (Lipinski definition) is 4. The predicted molar refractivity (Wildman–Crippen MR) is 79.3 cm³/mol. The van der Waals surface area contributed by atoms with Gasteiger partial charge in [0.25, 0.3) is 0 Å². The van der Waals surface area contributed by atoms with E-state index in [1.54, 1.807) is 17.8 Å². The Morgan fingerprint density at radius 1 is 1.48 bits per heavy atom. The van der Waals surface area contributed by atoms with E-state index < -0.39 is 5.97 Å². The molecule has 118 valence electrons. The number of aromatic carboxylic acids is 1. The lowest BCUT2D eigenvalue weighted by Crippen LogP contribution is -2.26. The van der Waals surface area contributed by atoms with Crippen molar-refractivity contribution in [3.8, 4) is 0 Å². The van der Waals surface area contributed by atoms with Crippen LogP contribution in [0.3, 0.4) is 0 Å². The van der Waals surface area contributed by atoms with Gasteiger partial charge < -0.3 is 9.84 Å². The van der Waals surface area contributed by atoms with Crippen molar-refractivity contribution in [2.24, 2.45) is 7.05 Å². The third kappa shape index (κ3) is 4.54. The van der Waals surface area contributed by atoms with Crippen LogP contribution in [0.25, 0.3) is 0 Å². The number of carbonyl (C=O) groups is 1. The van der Waals surface area contributed by atoms with Gasteiger partial charge in [-0.2, -0.15) is 5.10 Å². The fraction of sp³-hybridized carbons (Fsp3) is 0.733. The molecule has 21 heavy (non-hydrogen) atoms. The lowest BCUT2D eigenvalue weighted by molar-refractivity contribution is 0.0436. The smallest absolute Gasteiger partial charge is 0.356 e. The van der Waals surface area contributed by atoms with Crippen molar-refractivity contribution in [2.75, 3.05) is 19.7 Å². The van der Waals surface area contributed by atoms with Crippen LogP contribution in [-0.2, 0) is 18.3 Å². The van der Waals surface area contributed by atoms with Crippen LogP contribution in [0.1, 0.15) is 48.8 Å². The van der Waals surface area contributed by atoms with E-state index in [4.69, 9.17) is 9.84 Å². The number of ether oxygens (including phenoxy) is 1. The molecule has 2 heterocycles. The van der Waals surface area contributed by atoms with Gasteiger partial charge in [-0.1, -0.05) is 6.92 Å². The zero-order valence-corrected chi connectivity index (χ0v) is 12.9. The maximum Gasteiger partial charge on any atom is 0.356 e. The molecule has 1 saturated heterocycles. The second-order valence-corrected chi connectivity index (χ2v) is 5.65. The Morgan fingerprint density at radius 2 is 2.29 bits per heavy atom. The summed E-state index contributed by atoms with van der Waals surface area (Å²) in [5.74, 6) is -0.972. The summed E-state index contributed by atoms with van der Waals surface area (Å²) in [7, 11) is 1.80. The summed E-state index contributed by atoms with van der Waals surface area (Å²) in [6.45, 7) is 5.73. The first-order valence-corrected chi connectivity index (χ1v) is 7.70. The lowest BCUT2D eigenvalue weighted by atomic mass is 10.2. The van der Waals surface area contributed by atoms with Crippen LogP contribution in [0.15, 0.2) is 6.07 Å². The Labute approximate surface area is 125 Å². The third-order valence-electron chi connectivity index (χ3n) is 3.91. The Hall–Kier alpha value is -1.40. The van der Waals surface area contributed by atoms with Crippen LogP contribution in [0.2, 0.25) is 0 Å². The normalized spacial score (nSPS) is 20.4. The number of nitrogens with zero attached hydrogens (tertiary/aromatic N) is 3. The first-order valence-electron chi connectivity index (χ1n) is 7.70. The van der Waals surface area contributed by atoms with Crippen LogP contribution in [0, 0.1) is 0 Å².